The summed E-state index contributed by atoms with van der Waals surface area (Å²) in [6, 6.07) is 1.94. The number of aliphatic imine (C=N–C) groups is 2. The van der Waals surface area contributed by atoms with E-state index in [9.17, 15) is 17.6 Å². The van der Waals surface area contributed by atoms with Crippen LogP contribution in [0.3, 0.4) is 0 Å². The largest absolute Gasteiger partial charge is 0.273 e. The predicted molar refractivity (Wildman–Crippen MR) is 128 cm³/mol. The molecule has 2 nitrogen and oxygen atoms in total. The number of nitrogens with zero attached hydrogens (tertiary/aromatic N) is 2. The minimum atomic E-state index is -1.25. The fraction of sp³-hybridized carbons (Fsp3) is 0.481. The first kappa shape index (κ1) is 25.1. The van der Waals surface area contributed by atoms with Crippen LogP contribution in [0.5, 0.6) is 0 Å². The lowest BCUT2D eigenvalue weighted by molar-refractivity contribution is 0.270. The molecule has 1 unspecified atom stereocenters. The molecule has 0 amide bonds. The van der Waals surface area contributed by atoms with E-state index in [2.05, 4.69) is 16.6 Å². The number of amidine groups is 1. The van der Waals surface area contributed by atoms with Gasteiger partial charge in [-0.2, -0.15) is 0 Å². The van der Waals surface area contributed by atoms with E-state index in [-0.39, 0.29) is 17.1 Å². The number of alkyl halides is 1. The van der Waals surface area contributed by atoms with Crippen molar-refractivity contribution in [1.29, 1.82) is 0 Å². The fourth-order valence-electron chi connectivity index (χ4n) is 4.72. The average molecular weight is 461 g/mol. The van der Waals surface area contributed by atoms with Crippen LogP contribution in [-0.4, -0.2) is 19.1 Å². The van der Waals surface area contributed by atoms with Crippen LogP contribution in [0.25, 0.3) is 5.57 Å². The molecule has 1 saturated carbocycles. The van der Waals surface area contributed by atoms with Crippen molar-refractivity contribution in [2.75, 3.05) is 7.05 Å². The van der Waals surface area contributed by atoms with Crippen LogP contribution >= 0.6 is 0 Å². The van der Waals surface area contributed by atoms with Gasteiger partial charge in [0.25, 0.3) is 0 Å². The smallest absolute Gasteiger partial charge is 0.132 e. The third-order valence-corrected chi connectivity index (χ3v) is 6.73. The Morgan fingerprint density at radius 1 is 1.09 bits per heavy atom. The number of hydrogen-bond acceptors (Lipinski definition) is 1. The Labute approximate surface area is 193 Å². The Kier molecular flexibility index (Phi) is 9.21. The molecule has 0 radical (unpaired) electrons. The molecule has 1 aromatic carbocycles. The van der Waals surface area contributed by atoms with E-state index in [1.807, 2.05) is 12.3 Å². The highest BCUT2D eigenvalue weighted by molar-refractivity contribution is 5.94. The Morgan fingerprint density at radius 3 is 2.33 bits per heavy atom. The molecule has 0 heterocycles. The molecular formula is C27H32F4N2. The molecule has 2 aliphatic rings. The second kappa shape index (κ2) is 12.1. The van der Waals surface area contributed by atoms with Gasteiger partial charge in [-0.1, -0.05) is 25.0 Å². The van der Waals surface area contributed by atoms with Gasteiger partial charge in [0, 0.05) is 24.8 Å². The molecule has 6 heteroatoms. The fourth-order valence-corrected chi connectivity index (χ4v) is 4.72. The predicted octanol–water partition coefficient (Wildman–Crippen LogP) is 7.95. The number of allylic oxidation sites excluding steroid dienone is 4. The molecule has 0 N–H and O–H groups in total. The number of rotatable bonds is 8. The van der Waals surface area contributed by atoms with Crippen LogP contribution < -0.4 is 0 Å². The van der Waals surface area contributed by atoms with Gasteiger partial charge in [0.2, 0.25) is 0 Å². The summed E-state index contributed by atoms with van der Waals surface area (Å²) in [5, 5.41) is 0. The van der Waals surface area contributed by atoms with Gasteiger partial charge in [0.15, 0.2) is 0 Å². The lowest BCUT2D eigenvalue weighted by Crippen LogP contribution is -2.16. The number of hydrogen-bond donors (Lipinski definition) is 0. The summed E-state index contributed by atoms with van der Waals surface area (Å²) in [6.45, 7) is 2.55. The Bertz CT molecular complexity index is 930. The van der Waals surface area contributed by atoms with Crippen molar-refractivity contribution >= 4 is 17.6 Å². The maximum absolute atomic E-state index is 14.8. The van der Waals surface area contributed by atoms with Crippen molar-refractivity contribution in [2.45, 2.75) is 58.0 Å². The average Bonchev–Trinajstić information content (AvgIpc) is 2.81. The van der Waals surface area contributed by atoms with E-state index in [1.54, 1.807) is 13.1 Å². The quantitative estimate of drug-likeness (QED) is 0.163. The van der Waals surface area contributed by atoms with Gasteiger partial charge in [0.1, 0.15) is 30.0 Å². The molecule has 0 saturated heterocycles. The van der Waals surface area contributed by atoms with Gasteiger partial charge in [-0.3, -0.25) is 4.99 Å². The normalized spacial score (nSPS) is 24.0. The molecule has 33 heavy (non-hydrogen) atoms. The zero-order valence-electron chi connectivity index (χ0n) is 19.2. The lowest BCUT2D eigenvalue weighted by Gasteiger charge is -2.27. The van der Waals surface area contributed by atoms with Crippen LogP contribution in [-0.2, 0) is 6.67 Å². The second-order valence-electron chi connectivity index (χ2n) is 8.91. The van der Waals surface area contributed by atoms with Gasteiger partial charge in [-0.15, -0.1) is 6.58 Å². The SMILES string of the molecule is C=CCCC1CCC(C/C=N\C(=N/C)C2C=C(F)C(c3cc(F)c(CF)c(F)c3)=CC2)CC1. The molecule has 3 rings (SSSR count). The van der Waals surface area contributed by atoms with Gasteiger partial charge in [-0.05, 0) is 74.1 Å². The van der Waals surface area contributed by atoms with Crippen molar-refractivity contribution in [3.05, 3.63) is 65.5 Å². The lowest BCUT2D eigenvalue weighted by atomic mass is 9.79. The van der Waals surface area contributed by atoms with E-state index in [4.69, 9.17) is 0 Å². The summed E-state index contributed by atoms with van der Waals surface area (Å²) < 4.78 is 55.4. The Morgan fingerprint density at radius 2 is 1.76 bits per heavy atom. The van der Waals surface area contributed by atoms with Crippen LogP contribution in [0.2, 0.25) is 0 Å². The van der Waals surface area contributed by atoms with Crippen molar-refractivity contribution in [1.82, 2.24) is 0 Å². The summed E-state index contributed by atoms with van der Waals surface area (Å²) in [6.07, 6.45) is 15.4. The summed E-state index contributed by atoms with van der Waals surface area (Å²) in [5.41, 5.74) is -0.490. The van der Waals surface area contributed by atoms with Crippen LogP contribution in [0.1, 0.15) is 62.5 Å². The maximum Gasteiger partial charge on any atom is 0.132 e. The van der Waals surface area contributed by atoms with E-state index in [0.717, 1.165) is 30.9 Å². The summed E-state index contributed by atoms with van der Waals surface area (Å²) in [7, 11) is 1.63. The third-order valence-electron chi connectivity index (χ3n) is 6.73. The number of halogens is 4. The maximum atomic E-state index is 14.8. The zero-order valence-corrected chi connectivity index (χ0v) is 19.2. The van der Waals surface area contributed by atoms with Gasteiger partial charge >= 0.3 is 0 Å². The molecule has 0 spiro atoms. The van der Waals surface area contributed by atoms with E-state index in [0.29, 0.717) is 18.2 Å². The Balaban J connectivity index is 1.58. The van der Waals surface area contributed by atoms with E-state index in [1.165, 1.54) is 38.2 Å². The minimum Gasteiger partial charge on any atom is -0.273 e. The van der Waals surface area contributed by atoms with Crippen LogP contribution in [0.4, 0.5) is 17.6 Å². The third kappa shape index (κ3) is 6.52. The highest BCUT2D eigenvalue weighted by Gasteiger charge is 2.23. The van der Waals surface area contributed by atoms with Gasteiger partial charge in [0.05, 0.1) is 5.56 Å². The Hall–Kier alpha value is -2.50. The zero-order chi connectivity index (χ0) is 23.8. The molecule has 0 aromatic heterocycles. The number of benzene rings is 1. The molecule has 178 valence electrons. The standard InChI is InChI=1S/C27H32F4N2/c1-3-4-5-18-6-8-19(9-7-18)12-13-33-27(32-2)20-10-11-22(24(29)14-20)21-15-25(30)23(17-28)26(31)16-21/h3,11,13-16,18-20H,1,4-10,12,17H2,2H3/b32-27-,33-13-. The molecule has 1 aromatic rings. The summed E-state index contributed by atoms with van der Waals surface area (Å²) in [5.74, 6) is -1.01. The van der Waals surface area contributed by atoms with Crippen molar-refractivity contribution in [2.24, 2.45) is 27.7 Å². The van der Waals surface area contributed by atoms with Crippen LogP contribution in [0.15, 0.2) is 52.8 Å². The summed E-state index contributed by atoms with van der Waals surface area (Å²) in [4.78, 5) is 8.75. The van der Waals surface area contributed by atoms with E-state index >= 15 is 0 Å². The second-order valence-corrected chi connectivity index (χ2v) is 8.91. The molecular weight excluding hydrogens is 428 g/mol. The molecule has 0 bridgehead atoms. The van der Waals surface area contributed by atoms with Crippen LogP contribution in [0, 0.1) is 29.4 Å². The monoisotopic (exact) mass is 460 g/mol. The first-order chi connectivity index (χ1) is 16.0. The van der Waals surface area contributed by atoms with Gasteiger partial charge < -0.3 is 0 Å². The molecule has 1 fully saturated rings. The topological polar surface area (TPSA) is 24.7 Å². The first-order valence-electron chi connectivity index (χ1n) is 11.7. The van der Waals surface area contributed by atoms with Crippen molar-refractivity contribution in [3.8, 4) is 0 Å². The summed E-state index contributed by atoms with van der Waals surface area (Å²) >= 11 is 0. The van der Waals surface area contributed by atoms with E-state index < -0.39 is 29.7 Å². The first-order valence-corrected chi connectivity index (χ1v) is 11.7. The molecule has 1 atom stereocenters. The van der Waals surface area contributed by atoms with Crippen molar-refractivity contribution in [3.63, 3.8) is 0 Å². The van der Waals surface area contributed by atoms with Crippen molar-refractivity contribution < 1.29 is 17.6 Å². The molecule has 2 aliphatic carbocycles. The highest BCUT2D eigenvalue weighted by Crippen LogP contribution is 2.35. The minimum absolute atomic E-state index is 0.0524. The highest BCUT2D eigenvalue weighted by atomic mass is 19.1. The van der Waals surface area contributed by atoms with Gasteiger partial charge in [-0.25, -0.2) is 22.6 Å². The molecule has 0 aliphatic heterocycles.